The number of hydrogen-bond acceptors (Lipinski definition) is 4. The van der Waals surface area contributed by atoms with Crippen LogP contribution in [0.5, 0.6) is 0 Å². The predicted octanol–water partition coefficient (Wildman–Crippen LogP) is 1.80. The SMILES string of the molecule is CCCCCCN1CC(=O)C(=O)NC1=C1C=CC=C(C)N1. The number of ketones is 1. The number of nitrogens with one attached hydrogen (secondary N) is 2. The predicted molar refractivity (Wildman–Crippen MR) is 81.9 cm³/mol. The third kappa shape index (κ3) is 3.97. The van der Waals surface area contributed by atoms with Crippen LogP contribution in [-0.2, 0) is 9.59 Å². The van der Waals surface area contributed by atoms with Crippen LogP contribution in [0.3, 0.4) is 0 Å². The minimum atomic E-state index is -0.523. The molecule has 1 saturated heterocycles. The molecule has 5 heteroatoms. The Balaban J connectivity index is 2.12. The summed E-state index contributed by atoms with van der Waals surface area (Å²) in [6.45, 7) is 5.08. The summed E-state index contributed by atoms with van der Waals surface area (Å²) in [5.74, 6) is -0.189. The number of allylic oxidation sites excluding steroid dienone is 4. The Morgan fingerprint density at radius 1 is 1.19 bits per heavy atom. The smallest absolute Gasteiger partial charge is 0.294 e. The van der Waals surface area contributed by atoms with Gasteiger partial charge >= 0.3 is 0 Å². The van der Waals surface area contributed by atoms with E-state index in [-0.39, 0.29) is 12.3 Å². The fourth-order valence-corrected chi connectivity index (χ4v) is 2.46. The van der Waals surface area contributed by atoms with Crippen molar-refractivity contribution in [3.8, 4) is 0 Å². The molecule has 0 unspecified atom stereocenters. The molecule has 0 spiro atoms. The van der Waals surface area contributed by atoms with Gasteiger partial charge < -0.3 is 15.5 Å². The first-order chi connectivity index (χ1) is 10.1. The number of amides is 1. The van der Waals surface area contributed by atoms with Crippen LogP contribution >= 0.6 is 0 Å². The zero-order valence-electron chi connectivity index (χ0n) is 12.7. The highest BCUT2D eigenvalue weighted by Gasteiger charge is 2.29. The van der Waals surface area contributed by atoms with E-state index in [1.807, 2.05) is 30.1 Å². The van der Waals surface area contributed by atoms with E-state index in [0.29, 0.717) is 5.82 Å². The first-order valence-electron chi connectivity index (χ1n) is 7.57. The van der Waals surface area contributed by atoms with Gasteiger partial charge in [0.05, 0.1) is 12.2 Å². The zero-order chi connectivity index (χ0) is 15.2. The molecule has 5 nitrogen and oxygen atoms in total. The Morgan fingerprint density at radius 3 is 2.71 bits per heavy atom. The van der Waals surface area contributed by atoms with E-state index >= 15 is 0 Å². The number of rotatable bonds is 5. The van der Waals surface area contributed by atoms with Gasteiger partial charge in [0, 0.05) is 12.2 Å². The number of unbranched alkanes of at least 4 members (excludes halogenated alkanes) is 3. The van der Waals surface area contributed by atoms with Crippen LogP contribution in [0.25, 0.3) is 0 Å². The van der Waals surface area contributed by atoms with Crippen molar-refractivity contribution < 1.29 is 9.59 Å². The molecule has 0 aromatic heterocycles. The van der Waals surface area contributed by atoms with Crippen molar-refractivity contribution >= 4 is 11.7 Å². The molecule has 21 heavy (non-hydrogen) atoms. The molecule has 114 valence electrons. The van der Waals surface area contributed by atoms with Crippen molar-refractivity contribution in [2.75, 3.05) is 13.1 Å². The summed E-state index contributed by atoms with van der Waals surface area (Å²) in [5, 5.41) is 5.96. The molecule has 0 saturated carbocycles. The van der Waals surface area contributed by atoms with E-state index in [4.69, 9.17) is 0 Å². The molecule has 2 aliphatic heterocycles. The van der Waals surface area contributed by atoms with Crippen molar-refractivity contribution in [3.05, 3.63) is 35.4 Å². The summed E-state index contributed by atoms with van der Waals surface area (Å²) in [7, 11) is 0. The van der Waals surface area contributed by atoms with E-state index in [0.717, 1.165) is 30.8 Å². The lowest BCUT2D eigenvalue weighted by molar-refractivity contribution is -0.140. The second-order valence-electron chi connectivity index (χ2n) is 5.46. The molecule has 0 bridgehead atoms. The lowest BCUT2D eigenvalue weighted by Gasteiger charge is -2.33. The quantitative estimate of drug-likeness (QED) is 0.598. The van der Waals surface area contributed by atoms with Crippen molar-refractivity contribution in [3.63, 3.8) is 0 Å². The lowest BCUT2D eigenvalue weighted by Crippen LogP contribution is -2.51. The number of Topliss-reactive ketones (excluding diaryl/α,β-unsaturated/α-hetero) is 1. The highest BCUT2D eigenvalue weighted by atomic mass is 16.2. The van der Waals surface area contributed by atoms with Crippen molar-refractivity contribution in [1.29, 1.82) is 0 Å². The van der Waals surface area contributed by atoms with Crippen LogP contribution in [0.1, 0.15) is 39.5 Å². The fourth-order valence-electron chi connectivity index (χ4n) is 2.46. The zero-order valence-corrected chi connectivity index (χ0v) is 12.7. The van der Waals surface area contributed by atoms with Crippen molar-refractivity contribution in [2.24, 2.45) is 0 Å². The molecule has 0 atom stereocenters. The molecule has 1 fully saturated rings. The largest absolute Gasteiger partial charge is 0.356 e. The van der Waals surface area contributed by atoms with Crippen LogP contribution in [-0.4, -0.2) is 29.7 Å². The van der Waals surface area contributed by atoms with E-state index in [1.54, 1.807) is 0 Å². The number of nitrogens with zero attached hydrogens (tertiary/aromatic N) is 1. The van der Waals surface area contributed by atoms with Gasteiger partial charge in [0.1, 0.15) is 5.82 Å². The average Bonchev–Trinajstić information content (AvgIpc) is 2.47. The molecular weight excluding hydrogens is 266 g/mol. The Bertz CT molecular complexity index is 518. The van der Waals surface area contributed by atoms with Gasteiger partial charge in [-0.2, -0.15) is 0 Å². The van der Waals surface area contributed by atoms with Gasteiger partial charge in [-0.1, -0.05) is 32.3 Å². The summed E-state index contributed by atoms with van der Waals surface area (Å²) in [6.07, 6.45) is 10.3. The summed E-state index contributed by atoms with van der Waals surface area (Å²) >= 11 is 0. The summed E-state index contributed by atoms with van der Waals surface area (Å²) < 4.78 is 0. The molecule has 2 N–H and O–H groups in total. The first-order valence-corrected chi connectivity index (χ1v) is 7.57. The lowest BCUT2D eigenvalue weighted by atomic mass is 10.1. The summed E-state index contributed by atoms with van der Waals surface area (Å²) in [5.41, 5.74) is 1.85. The van der Waals surface area contributed by atoms with Crippen LogP contribution in [0, 0.1) is 0 Å². The molecule has 0 aliphatic carbocycles. The van der Waals surface area contributed by atoms with Crippen LogP contribution in [0.15, 0.2) is 35.4 Å². The van der Waals surface area contributed by atoms with Crippen LogP contribution in [0.4, 0.5) is 0 Å². The Kier molecular flexibility index (Phi) is 5.20. The maximum atomic E-state index is 11.7. The fraction of sp³-hybridized carbons (Fsp3) is 0.500. The Morgan fingerprint density at radius 2 is 2.00 bits per heavy atom. The van der Waals surface area contributed by atoms with Gasteiger partial charge in [-0.05, 0) is 25.5 Å². The maximum Gasteiger partial charge on any atom is 0.294 e. The van der Waals surface area contributed by atoms with Crippen LogP contribution < -0.4 is 10.6 Å². The van der Waals surface area contributed by atoms with Gasteiger partial charge in [0.2, 0.25) is 5.78 Å². The Hall–Kier alpha value is -2.04. The minimum Gasteiger partial charge on any atom is -0.356 e. The topological polar surface area (TPSA) is 61.4 Å². The number of dihydropyridines is 1. The van der Waals surface area contributed by atoms with Gasteiger partial charge in [0.25, 0.3) is 5.91 Å². The molecular formula is C16H23N3O2. The number of carbonyl (C=O) groups is 2. The normalized spacial score (nSPS) is 22.0. The molecule has 0 aromatic carbocycles. The molecule has 2 rings (SSSR count). The highest BCUT2D eigenvalue weighted by Crippen LogP contribution is 2.16. The minimum absolute atomic E-state index is 0.162. The van der Waals surface area contributed by atoms with E-state index in [2.05, 4.69) is 17.6 Å². The number of hydrogen-bond donors (Lipinski definition) is 2. The standard InChI is InChI=1S/C16H23N3O2/c1-3-4-5-6-10-19-11-14(20)16(21)18-15(19)13-9-7-8-12(2)17-13/h7-9,17H,3-6,10-11H2,1-2H3,(H,18,21). The molecule has 2 aliphatic rings. The summed E-state index contributed by atoms with van der Waals surface area (Å²) in [6, 6.07) is 0. The van der Waals surface area contributed by atoms with Gasteiger partial charge in [-0.15, -0.1) is 0 Å². The third-order valence-electron chi connectivity index (χ3n) is 3.61. The molecule has 2 heterocycles. The second-order valence-corrected chi connectivity index (χ2v) is 5.46. The first kappa shape index (κ1) is 15.4. The second kappa shape index (κ2) is 7.11. The Labute approximate surface area is 125 Å². The molecule has 0 aromatic rings. The molecule has 0 radical (unpaired) electrons. The van der Waals surface area contributed by atoms with E-state index in [9.17, 15) is 9.59 Å². The molecule has 1 amide bonds. The van der Waals surface area contributed by atoms with E-state index in [1.165, 1.54) is 12.8 Å². The van der Waals surface area contributed by atoms with Gasteiger partial charge in [-0.25, -0.2) is 0 Å². The summed E-state index contributed by atoms with van der Waals surface area (Å²) in [4.78, 5) is 25.3. The number of carbonyl (C=O) groups excluding carboxylic acids is 2. The van der Waals surface area contributed by atoms with Crippen molar-refractivity contribution in [1.82, 2.24) is 15.5 Å². The maximum absolute atomic E-state index is 11.7. The van der Waals surface area contributed by atoms with Crippen LogP contribution in [0.2, 0.25) is 0 Å². The monoisotopic (exact) mass is 289 g/mol. The van der Waals surface area contributed by atoms with Gasteiger partial charge in [-0.3, -0.25) is 9.59 Å². The average molecular weight is 289 g/mol. The van der Waals surface area contributed by atoms with Gasteiger partial charge in [0.15, 0.2) is 0 Å². The highest BCUT2D eigenvalue weighted by molar-refractivity contribution is 6.38. The third-order valence-corrected chi connectivity index (χ3v) is 3.61. The van der Waals surface area contributed by atoms with Crippen molar-refractivity contribution in [2.45, 2.75) is 39.5 Å². The van der Waals surface area contributed by atoms with E-state index < -0.39 is 5.91 Å².